The number of piperidine rings is 1. The Balaban J connectivity index is 1.77. The highest BCUT2D eigenvalue weighted by molar-refractivity contribution is 7.91. The number of rotatable bonds is 4. The van der Waals surface area contributed by atoms with Gasteiger partial charge >= 0.3 is 5.69 Å². The number of aliphatic hydroxyl groups is 1. The van der Waals surface area contributed by atoms with Crippen LogP contribution in [0.15, 0.2) is 37.5 Å². The highest BCUT2D eigenvalue weighted by Gasteiger charge is 2.34. The minimum absolute atomic E-state index is 0.161. The molecule has 0 bridgehead atoms. The number of aromatic nitrogens is 2. The maximum absolute atomic E-state index is 12.6. The standard InChI is InChI=1S/C16H21N3O5S2/c1-17-10-12(15(21)18(2)16(17)22)14(20)11-5-7-19(8-6-11)26(23,24)13-4-3-9-25-13/h3-4,9-11,14,20H,5-8H2,1-2H3. The van der Waals surface area contributed by atoms with Gasteiger partial charge in [-0.1, -0.05) is 6.07 Å². The molecule has 1 N–H and O–H groups in total. The number of sulfonamides is 1. The lowest BCUT2D eigenvalue weighted by Gasteiger charge is -2.33. The van der Waals surface area contributed by atoms with Gasteiger partial charge in [0.1, 0.15) is 4.21 Å². The minimum Gasteiger partial charge on any atom is -0.388 e. The number of aryl methyl sites for hydroxylation is 1. The lowest BCUT2D eigenvalue weighted by atomic mass is 9.89. The van der Waals surface area contributed by atoms with Crippen LogP contribution in [0.1, 0.15) is 24.5 Å². The summed E-state index contributed by atoms with van der Waals surface area (Å²) >= 11 is 1.18. The summed E-state index contributed by atoms with van der Waals surface area (Å²) in [6, 6.07) is 3.28. The zero-order chi connectivity index (χ0) is 19.1. The van der Waals surface area contributed by atoms with E-state index in [0.717, 1.165) is 4.57 Å². The highest BCUT2D eigenvalue weighted by Crippen LogP contribution is 2.32. The average molecular weight is 399 g/mol. The summed E-state index contributed by atoms with van der Waals surface area (Å²) in [4.78, 5) is 24.1. The van der Waals surface area contributed by atoms with Crippen molar-refractivity contribution in [3.63, 3.8) is 0 Å². The van der Waals surface area contributed by atoms with Crippen LogP contribution < -0.4 is 11.2 Å². The molecule has 26 heavy (non-hydrogen) atoms. The Morgan fingerprint density at radius 1 is 1.23 bits per heavy atom. The molecule has 2 aromatic heterocycles. The molecular weight excluding hydrogens is 378 g/mol. The summed E-state index contributed by atoms with van der Waals surface area (Å²) < 4.78 is 29.1. The first-order valence-corrected chi connectivity index (χ1v) is 10.5. The zero-order valence-corrected chi connectivity index (χ0v) is 16.2. The number of hydrogen-bond acceptors (Lipinski definition) is 6. The predicted octanol–water partition coefficient (Wildman–Crippen LogP) is 0.280. The first-order chi connectivity index (χ1) is 12.2. The fourth-order valence-corrected chi connectivity index (χ4v) is 5.88. The Hall–Kier alpha value is -1.75. The Kier molecular flexibility index (Phi) is 5.20. The normalized spacial score (nSPS) is 18.1. The number of nitrogens with zero attached hydrogens (tertiary/aromatic N) is 3. The van der Waals surface area contributed by atoms with Crippen LogP contribution in [0.25, 0.3) is 0 Å². The van der Waals surface area contributed by atoms with Gasteiger partial charge in [-0.15, -0.1) is 11.3 Å². The summed E-state index contributed by atoms with van der Waals surface area (Å²) in [6.07, 6.45) is 1.21. The van der Waals surface area contributed by atoms with E-state index in [4.69, 9.17) is 0 Å². The Morgan fingerprint density at radius 2 is 1.88 bits per heavy atom. The molecular formula is C16H21N3O5S2. The van der Waals surface area contributed by atoms with Gasteiger partial charge in [0.2, 0.25) is 0 Å². The van der Waals surface area contributed by atoms with E-state index in [1.807, 2.05) is 0 Å². The minimum atomic E-state index is -3.50. The smallest absolute Gasteiger partial charge is 0.330 e. The first kappa shape index (κ1) is 19.0. The van der Waals surface area contributed by atoms with Crippen LogP contribution in [-0.4, -0.2) is 40.1 Å². The lowest BCUT2D eigenvalue weighted by molar-refractivity contribution is 0.0739. The summed E-state index contributed by atoms with van der Waals surface area (Å²) in [5.41, 5.74) is -0.814. The molecule has 0 radical (unpaired) electrons. The molecule has 0 aliphatic carbocycles. The van der Waals surface area contributed by atoms with Gasteiger partial charge < -0.3 is 9.67 Å². The van der Waals surface area contributed by atoms with E-state index in [-0.39, 0.29) is 24.6 Å². The van der Waals surface area contributed by atoms with Crippen LogP contribution in [0, 0.1) is 5.92 Å². The van der Waals surface area contributed by atoms with Gasteiger partial charge in [0.15, 0.2) is 0 Å². The molecule has 3 heterocycles. The van der Waals surface area contributed by atoms with Crippen molar-refractivity contribution in [2.45, 2.75) is 23.2 Å². The maximum Gasteiger partial charge on any atom is 0.330 e. The molecule has 1 fully saturated rings. The number of aliphatic hydroxyl groups excluding tert-OH is 1. The number of thiophene rings is 1. The molecule has 3 rings (SSSR count). The lowest BCUT2D eigenvalue weighted by Crippen LogP contribution is -2.42. The van der Waals surface area contributed by atoms with Crippen LogP contribution in [-0.2, 0) is 24.1 Å². The molecule has 2 aromatic rings. The van der Waals surface area contributed by atoms with Gasteiger partial charge in [-0.3, -0.25) is 9.36 Å². The molecule has 1 atom stereocenters. The SMILES string of the molecule is Cn1cc(C(O)C2CCN(S(=O)(=O)c3cccs3)CC2)c(=O)n(C)c1=O. The average Bonchev–Trinajstić information content (AvgIpc) is 3.18. The van der Waals surface area contributed by atoms with Crippen LogP contribution in [0.4, 0.5) is 0 Å². The Bertz CT molecular complexity index is 999. The molecule has 1 unspecified atom stereocenters. The van der Waals surface area contributed by atoms with Crippen LogP contribution >= 0.6 is 11.3 Å². The van der Waals surface area contributed by atoms with E-state index in [1.165, 1.54) is 40.5 Å². The van der Waals surface area contributed by atoms with Crippen molar-refractivity contribution in [3.8, 4) is 0 Å². The maximum atomic E-state index is 12.6. The second kappa shape index (κ2) is 7.10. The summed E-state index contributed by atoms with van der Waals surface area (Å²) in [5, 5.41) is 12.4. The Morgan fingerprint density at radius 3 is 2.46 bits per heavy atom. The van der Waals surface area contributed by atoms with Crippen molar-refractivity contribution < 1.29 is 13.5 Å². The van der Waals surface area contributed by atoms with Gasteiger partial charge in [0, 0.05) is 33.4 Å². The molecule has 0 amide bonds. The predicted molar refractivity (Wildman–Crippen MR) is 97.7 cm³/mol. The van der Waals surface area contributed by atoms with Crippen molar-refractivity contribution in [1.29, 1.82) is 0 Å². The summed E-state index contributed by atoms with van der Waals surface area (Å²) in [7, 11) is -0.607. The third kappa shape index (κ3) is 3.29. The van der Waals surface area contributed by atoms with Crippen molar-refractivity contribution in [2.75, 3.05) is 13.1 Å². The molecule has 0 spiro atoms. The molecule has 0 aromatic carbocycles. The van der Waals surface area contributed by atoms with E-state index < -0.39 is 27.4 Å². The van der Waals surface area contributed by atoms with Gasteiger partial charge in [-0.2, -0.15) is 4.31 Å². The molecule has 8 nitrogen and oxygen atoms in total. The van der Waals surface area contributed by atoms with Crippen LogP contribution in [0.2, 0.25) is 0 Å². The van der Waals surface area contributed by atoms with E-state index in [9.17, 15) is 23.1 Å². The molecule has 1 aliphatic rings. The second-order valence-corrected chi connectivity index (χ2v) is 9.57. The van der Waals surface area contributed by atoms with Gasteiger partial charge in [-0.25, -0.2) is 13.2 Å². The number of hydrogen-bond donors (Lipinski definition) is 1. The molecule has 1 saturated heterocycles. The zero-order valence-electron chi connectivity index (χ0n) is 14.5. The van der Waals surface area contributed by atoms with E-state index in [2.05, 4.69) is 0 Å². The molecule has 0 saturated carbocycles. The third-order valence-electron chi connectivity index (χ3n) is 4.83. The van der Waals surface area contributed by atoms with E-state index >= 15 is 0 Å². The van der Waals surface area contributed by atoms with Crippen molar-refractivity contribution in [2.24, 2.45) is 20.0 Å². The highest BCUT2D eigenvalue weighted by atomic mass is 32.2. The van der Waals surface area contributed by atoms with Crippen molar-refractivity contribution in [3.05, 3.63) is 50.1 Å². The van der Waals surface area contributed by atoms with E-state index in [1.54, 1.807) is 17.5 Å². The first-order valence-electron chi connectivity index (χ1n) is 8.21. The van der Waals surface area contributed by atoms with Crippen LogP contribution in [0.3, 0.4) is 0 Å². The fourth-order valence-electron chi connectivity index (χ4n) is 3.26. The monoisotopic (exact) mass is 399 g/mol. The van der Waals surface area contributed by atoms with Crippen molar-refractivity contribution >= 4 is 21.4 Å². The quantitative estimate of drug-likeness (QED) is 0.796. The third-order valence-corrected chi connectivity index (χ3v) is 8.10. The van der Waals surface area contributed by atoms with Gasteiger partial charge in [-0.05, 0) is 30.2 Å². The van der Waals surface area contributed by atoms with E-state index in [0.29, 0.717) is 17.1 Å². The topological polar surface area (TPSA) is 102 Å². The van der Waals surface area contributed by atoms with Gasteiger partial charge in [0.25, 0.3) is 15.6 Å². The molecule has 142 valence electrons. The molecule has 10 heteroatoms. The fraction of sp³-hybridized carbons (Fsp3) is 0.500. The van der Waals surface area contributed by atoms with Gasteiger partial charge in [0.05, 0.1) is 11.7 Å². The molecule has 1 aliphatic heterocycles. The van der Waals surface area contributed by atoms with Crippen LogP contribution in [0.5, 0.6) is 0 Å². The summed E-state index contributed by atoms with van der Waals surface area (Å²) in [6.45, 7) is 0.572. The second-order valence-electron chi connectivity index (χ2n) is 6.46. The largest absolute Gasteiger partial charge is 0.388 e. The summed E-state index contributed by atoms with van der Waals surface area (Å²) in [5.74, 6) is -0.241. The van der Waals surface area contributed by atoms with Crippen molar-refractivity contribution in [1.82, 2.24) is 13.4 Å². The Labute approximate surface area is 155 Å².